The van der Waals surface area contributed by atoms with E-state index in [4.69, 9.17) is 0 Å². The first-order chi connectivity index (χ1) is 0. The quantitative estimate of drug-likeness (QED) is 0.510. The predicted molar refractivity (Wildman–Crippen MR) is 0 cm³/mol. The van der Waals surface area contributed by atoms with E-state index in [1.54, 1.807) is 0 Å². The molecule has 0 unspecified atom stereocenters. The Balaban J connectivity index is 0. The molecule has 0 spiro atoms. The molecule has 25 valence electrons. The Morgan fingerprint density at radius 3 is 0.750 bits per heavy atom. The van der Waals surface area contributed by atoms with Crippen molar-refractivity contribution in [3.8, 4) is 0 Å². The number of hydrogen-bond acceptors (Lipinski definition) is 0. The van der Waals surface area contributed by atoms with Crippen molar-refractivity contribution < 1.29 is 93.5 Å². The van der Waals surface area contributed by atoms with E-state index in [0.29, 0.717) is 0 Å². The van der Waals surface area contributed by atoms with Crippen molar-refractivity contribution in [2.24, 2.45) is 0 Å². The summed E-state index contributed by atoms with van der Waals surface area (Å²) in [6.45, 7) is 0. The molecule has 0 aromatic rings. The van der Waals surface area contributed by atoms with Crippen LogP contribution in [0.25, 0.3) is 0 Å². The van der Waals surface area contributed by atoms with E-state index >= 15 is 0 Å². The Labute approximate surface area is 91.6 Å². The van der Waals surface area contributed by atoms with Gasteiger partial charge in [0.15, 0.2) is 0 Å². The monoisotopic (exact) mass is 393 g/mol. The van der Waals surface area contributed by atoms with E-state index in [2.05, 4.69) is 0 Å². The van der Waals surface area contributed by atoms with Crippen LogP contribution in [-0.2, 0) is 93.5 Å². The van der Waals surface area contributed by atoms with Crippen molar-refractivity contribution in [1.82, 2.24) is 0 Å². The number of rotatable bonds is 0. The van der Waals surface area contributed by atoms with Crippen LogP contribution >= 0.6 is 0 Å². The zero-order valence-electron chi connectivity index (χ0n) is 2.03. The molecule has 4 heavy (non-hydrogen) atoms. The summed E-state index contributed by atoms with van der Waals surface area (Å²) in [6.07, 6.45) is 0. The van der Waals surface area contributed by atoms with Crippen LogP contribution in [-0.4, -0.2) is 0 Å². The normalized spacial score (nSPS) is 0. The second-order valence-electron chi connectivity index (χ2n) is 0. The summed E-state index contributed by atoms with van der Waals surface area (Å²) in [7, 11) is 0. The van der Waals surface area contributed by atoms with Gasteiger partial charge in [-0.05, 0) is 0 Å². The predicted octanol–water partition coefficient (Wildman–Crippen LogP) is -0.0100. The Morgan fingerprint density at radius 2 is 0.750 bits per heavy atom. The molecule has 0 N–H and O–H groups in total. The molecule has 0 aromatic heterocycles. The maximum absolute atomic E-state index is 0. The van der Waals surface area contributed by atoms with Gasteiger partial charge in [0.05, 0.1) is 0 Å². The molecule has 0 aromatic carbocycles. The molecule has 0 atom stereocenters. The third-order valence-electron chi connectivity index (χ3n) is 0. The van der Waals surface area contributed by atoms with Gasteiger partial charge in [-0.2, -0.15) is 0 Å². The Hall–Kier alpha value is 3.08. The molecule has 1 radical (unpaired) electrons. The third kappa shape index (κ3) is 8.91. The second kappa shape index (κ2) is 16.5. The van der Waals surface area contributed by atoms with Crippen molar-refractivity contribution >= 4 is 0 Å². The molecule has 0 saturated heterocycles. The maximum atomic E-state index is 0. The van der Waals surface area contributed by atoms with Gasteiger partial charge in [0.25, 0.3) is 0 Å². The molecule has 0 amide bonds. The molecule has 0 saturated carbocycles. The van der Waals surface area contributed by atoms with Crippen LogP contribution in [0.4, 0.5) is 0 Å². The van der Waals surface area contributed by atoms with E-state index in [1.165, 1.54) is 0 Å². The van der Waals surface area contributed by atoms with Crippen LogP contribution in [0.15, 0.2) is 0 Å². The van der Waals surface area contributed by atoms with Crippen molar-refractivity contribution in [3.05, 3.63) is 0 Å². The molecule has 4 heteroatoms. The van der Waals surface area contributed by atoms with Crippen LogP contribution in [0.3, 0.4) is 0 Å². The van der Waals surface area contributed by atoms with Gasteiger partial charge >= 0.3 is 0 Å². The van der Waals surface area contributed by atoms with Gasteiger partial charge in [0.2, 0.25) is 0 Å². The molecule has 0 aliphatic rings. The van der Waals surface area contributed by atoms with E-state index in [-0.39, 0.29) is 93.5 Å². The van der Waals surface area contributed by atoms with Crippen LogP contribution in [0.2, 0.25) is 0 Å². The molecule has 0 aliphatic carbocycles. The van der Waals surface area contributed by atoms with E-state index in [9.17, 15) is 0 Å². The van der Waals surface area contributed by atoms with Crippen molar-refractivity contribution in [2.45, 2.75) is 0 Å². The fourth-order valence-electron chi connectivity index (χ4n) is 0. The summed E-state index contributed by atoms with van der Waals surface area (Å²) in [4.78, 5) is 0. The molecule has 0 nitrogen and oxygen atoms in total. The van der Waals surface area contributed by atoms with Gasteiger partial charge in [-0.25, -0.2) is 0 Å². The third-order valence-corrected chi connectivity index (χ3v) is 0. The van der Waals surface area contributed by atoms with Gasteiger partial charge in [-0.15, -0.1) is 0 Å². The average Bonchev–Trinajstić information content (AvgIpc) is 0. The fourth-order valence-corrected chi connectivity index (χ4v) is 0. The van der Waals surface area contributed by atoms with Crippen molar-refractivity contribution in [3.63, 3.8) is 0 Å². The SMILES string of the molecule is [Ag].[Cd].[Cd].[Ni]. The van der Waals surface area contributed by atoms with Crippen LogP contribution in [0, 0.1) is 0 Å². The van der Waals surface area contributed by atoms with Gasteiger partial charge in [0, 0.05) is 93.5 Å². The minimum absolute atomic E-state index is 0. The van der Waals surface area contributed by atoms with Crippen molar-refractivity contribution in [1.29, 1.82) is 0 Å². The summed E-state index contributed by atoms with van der Waals surface area (Å²) in [6, 6.07) is 0. The zero-order chi connectivity index (χ0) is 0. The van der Waals surface area contributed by atoms with Gasteiger partial charge in [0.1, 0.15) is 0 Å². The molecule has 0 aliphatic heterocycles. The first-order valence-electron chi connectivity index (χ1n) is 0. The fraction of sp³-hybridized carbons (Fsp3) is 0. The summed E-state index contributed by atoms with van der Waals surface area (Å²) in [5.74, 6) is 0. The summed E-state index contributed by atoms with van der Waals surface area (Å²) in [5.41, 5.74) is 0. The van der Waals surface area contributed by atoms with Gasteiger partial charge in [-0.1, -0.05) is 0 Å². The Bertz CT molecular complexity index is 6.00. The Kier molecular flexibility index (Phi) is 114. The molecular formula is AgCd2Ni. The van der Waals surface area contributed by atoms with E-state index in [1.807, 2.05) is 0 Å². The van der Waals surface area contributed by atoms with Crippen LogP contribution in [0.1, 0.15) is 0 Å². The van der Waals surface area contributed by atoms with Crippen LogP contribution < -0.4 is 0 Å². The largest absolute Gasteiger partial charge is 0 e. The van der Waals surface area contributed by atoms with Crippen molar-refractivity contribution in [2.75, 3.05) is 0 Å². The first kappa shape index (κ1) is 27.6. The standard InChI is InChI=1S/Ag.2Cd.Ni. The maximum Gasteiger partial charge on any atom is 0 e. The minimum atomic E-state index is 0. The molecular weight excluding hydrogens is 391 g/mol. The molecule has 0 rings (SSSR count). The zero-order valence-corrected chi connectivity index (χ0v) is 12.6. The summed E-state index contributed by atoms with van der Waals surface area (Å²) >= 11 is 0. The molecule has 0 bridgehead atoms. The topological polar surface area (TPSA) is 0 Å². The second-order valence-corrected chi connectivity index (χ2v) is 0. The number of hydrogen-bond donors (Lipinski definition) is 0. The molecule has 0 heterocycles. The van der Waals surface area contributed by atoms with Gasteiger partial charge < -0.3 is 0 Å². The van der Waals surface area contributed by atoms with Gasteiger partial charge in [-0.3, -0.25) is 0 Å². The first-order valence-corrected chi connectivity index (χ1v) is 0. The van der Waals surface area contributed by atoms with E-state index < -0.39 is 0 Å². The Morgan fingerprint density at radius 1 is 0.750 bits per heavy atom. The van der Waals surface area contributed by atoms with Crippen LogP contribution in [0.5, 0.6) is 0 Å². The smallest absolute Gasteiger partial charge is 0 e. The van der Waals surface area contributed by atoms with E-state index in [0.717, 1.165) is 0 Å². The summed E-state index contributed by atoms with van der Waals surface area (Å²) < 4.78 is 0. The summed E-state index contributed by atoms with van der Waals surface area (Å²) in [5, 5.41) is 0. The molecule has 0 fully saturated rings. The average molecular weight is 391 g/mol. The minimum Gasteiger partial charge on any atom is 0 e.